The van der Waals surface area contributed by atoms with Crippen LogP contribution in [-0.2, 0) is 13.1 Å². The fourth-order valence-electron chi connectivity index (χ4n) is 2.14. The highest BCUT2D eigenvalue weighted by Gasteiger charge is 2.07. The molecule has 2 aromatic rings. The van der Waals surface area contributed by atoms with E-state index in [-0.39, 0.29) is 0 Å². The van der Waals surface area contributed by atoms with E-state index in [1.54, 1.807) is 0 Å². The molecule has 0 aliphatic carbocycles. The topological polar surface area (TPSA) is 29.9 Å². The van der Waals surface area contributed by atoms with Gasteiger partial charge in [-0.2, -0.15) is 5.10 Å². The molecule has 0 amide bonds. The largest absolute Gasteiger partial charge is 0.316 e. The van der Waals surface area contributed by atoms with E-state index in [2.05, 4.69) is 48.5 Å². The maximum atomic E-state index is 4.32. The van der Waals surface area contributed by atoms with Crippen molar-refractivity contribution in [2.24, 2.45) is 0 Å². The summed E-state index contributed by atoms with van der Waals surface area (Å²) >= 11 is 0. The Hall–Kier alpha value is -1.61. The Morgan fingerprint density at radius 3 is 2.76 bits per heavy atom. The van der Waals surface area contributed by atoms with Crippen molar-refractivity contribution in [2.45, 2.75) is 26.9 Å². The molecule has 17 heavy (non-hydrogen) atoms. The van der Waals surface area contributed by atoms with Crippen molar-refractivity contribution in [1.82, 2.24) is 15.1 Å². The molecular formula is C14H19N3. The van der Waals surface area contributed by atoms with Gasteiger partial charge >= 0.3 is 0 Å². The molecule has 0 aliphatic rings. The van der Waals surface area contributed by atoms with Crippen LogP contribution in [0.25, 0.3) is 11.3 Å². The minimum atomic E-state index is 0.903. The molecule has 1 heterocycles. The van der Waals surface area contributed by atoms with E-state index in [9.17, 15) is 0 Å². The molecule has 1 aromatic heterocycles. The van der Waals surface area contributed by atoms with E-state index in [0.717, 1.165) is 13.1 Å². The first kappa shape index (κ1) is 11.9. The number of benzene rings is 1. The van der Waals surface area contributed by atoms with Crippen LogP contribution in [0.3, 0.4) is 0 Å². The van der Waals surface area contributed by atoms with Crippen LogP contribution in [0, 0.1) is 6.92 Å². The lowest BCUT2D eigenvalue weighted by atomic mass is 10.0. The summed E-state index contributed by atoms with van der Waals surface area (Å²) in [4.78, 5) is 0. The molecule has 3 heteroatoms. The molecule has 1 N–H and O–H groups in total. The summed E-state index contributed by atoms with van der Waals surface area (Å²) < 4.78 is 2.03. The molecule has 0 fully saturated rings. The highest BCUT2D eigenvalue weighted by molar-refractivity contribution is 5.64. The number of aryl methyl sites for hydroxylation is 2. The van der Waals surface area contributed by atoms with Gasteiger partial charge in [0, 0.05) is 24.8 Å². The van der Waals surface area contributed by atoms with Gasteiger partial charge in [0.25, 0.3) is 0 Å². The van der Waals surface area contributed by atoms with Crippen LogP contribution in [0.1, 0.15) is 18.1 Å². The fraction of sp³-hybridized carbons (Fsp3) is 0.357. The van der Waals surface area contributed by atoms with Gasteiger partial charge in [-0.25, -0.2) is 0 Å². The second-order valence-corrected chi connectivity index (χ2v) is 4.21. The third-order valence-corrected chi connectivity index (χ3v) is 2.96. The van der Waals surface area contributed by atoms with Crippen molar-refractivity contribution < 1.29 is 0 Å². The number of hydrogen-bond acceptors (Lipinski definition) is 2. The third-order valence-electron chi connectivity index (χ3n) is 2.96. The van der Waals surface area contributed by atoms with Gasteiger partial charge in [-0.1, -0.05) is 18.2 Å². The van der Waals surface area contributed by atoms with E-state index in [0.29, 0.717) is 0 Å². The highest BCUT2D eigenvalue weighted by atomic mass is 15.3. The summed E-state index contributed by atoms with van der Waals surface area (Å²) in [6, 6.07) is 8.67. The highest BCUT2D eigenvalue weighted by Crippen LogP contribution is 2.24. The Morgan fingerprint density at radius 1 is 1.29 bits per heavy atom. The molecule has 0 spiro atoms. The number of nitrogens with zero attached hydrogens (tertiary/aromatic N) is 2. The van der Waals surface area contributed by atoms with Crippen molar-refractivity contribution in [3.63, 3.8) is 0 Å². The van der Waals surface area contributed by atoms with E-state index >= 15 is 0 Å². The second-order valence-electron chi connectivity index (χ2n) is 4.21. The van der Waals surface area contributed by atoms with E-state index in [4.69, 9.17) is 0 Å². The maximum Gasteiger partial charge on any atom is 0.0684 e. The number of hydrogen-bond donors (Lipinski definition) is 1. The minimum Gasteiger partial charge on any atom is -0.316 e. The molecule has 0 unspecified atom stereocenters. The third kappa shape index (κ3) is 2.39. The van der Waals surface area contributed by atoms with Crippen molar-refractivity contribution in [3.8, 4) is 11.3 Å². The molecule has 1 aromatic carbocycles. The van der Waals surface area contributed by atoms with Crippen LogP contribution in [0.5, 0.6) is 0 Å². The Morgan fingerprint density at radius 2 is 2.12 bits per heavy atom. The van der Waals surface area contributed by atoms with Crippen molar-refractivity contribution in [3.05, 3.63) is 41.6 Å². The van der Waals surface area contributed by atoms with Crippen LogP contribution in [-0.4, -0.2) is 16.8 Å². The quantitative estimate of drug-likeness (QED) is 0.873. The lowest BCUT2D eigenvalue weighted by Crippen LogP contribution is -2.05. The zero-order valence-corrected chi connectivity index (χ0v) is 10.7. The molecule has 0 bridgehead atoms. The first-order valence-corrected chi connectivity index (χ1v) is 6.02. The van der Waals surface area contributed by atoms with Gasteiger partial charge in [0.15, 0.2) is 0 Å². The molecule has 0 saturated carbocycles. The molecule has 90 valence electrons. The fourth-order valence-corrected chi connectivity index (χ4v) is 2.14. The maximum absolute atomic E-state index is 4.32. The smallest absolute Gasteiger partial charge is 0.0684 e. The predicted octanol–water partition coefficient (Wildman–Crippen LogP) is 2.60. The summed E-state index contributed by atoms with van der Waals surface area (Å²) in [5.41, 5.74) is 5.08. The molecule has 0 radical (unpaired) electrons. The van der Waals surface area contributed by atoms with Gasteiger partial charge < -0.3 is 5.32 Å². The zero-order valence-electron chi connectivity index (χ0n) is 10.7. The summed E-state index contributed by atoms with van der Waals surface area (Å²) in [7, 11) is 1.97. The predicted molar refractivity (Wildman–Crippen MR) is 70.8 cm³/mol. The summed E-state index contributed by atoms with van der Waals surface area (Å²) in [5.74, 6) is 0. The van der Waals surface area contributed by atoms with Crippen molar-refractivity contribution >= 4 is 0 Å². The van der Waals surface area contributed by atoms with Crippen LogP contribution in [0.4, 0.5) is 0 Å². The second kappa shape index (κ2) is 5.15. The van der Waals surface area contributed by atoms with Gasteiger partial charge in [-0.3, -0.25) is 4.68 Å². The molecule has 0 saturated heterocycles. The average molecular weight is 229 g/mol. The lowest BCUT2D eigenvalue weighted by molar-refractivity contribution is 0.667. The van der Waals surface area contributed by atoms with Crippen LogP contribution < -0.4 is 5.32 Å². The number of aromatic nitrogens is 2. The summed E-state index contributed by atoms with van der Waals surface area (Å²) in [6.07, 6.45) is 1.86. The Balaban J connectivity index is 2.39. The van der Waals surface area contributed by atoms with Gasteiger partial charge in [-0.15, -0.1) is 0 Å². The minimum absolute atomic E-state index is 0.903. The normalized spacial score (nSPS) is 10.8. The Labute approximate surface area is 102 Å². The molecule has 0 aliphatic heterocycles. The summed E-state index contributed by atoms with van der Waals surface area (Å²) in [5, 5.41) is 7.49. The van der Waals surface area contributed by atoms with Crippen LogP contribution in [0.15, 0.2) is 30.5 Å². The Kier molecular flexibility index (Phi) is 3.59. The van der Waals surface area contributed by atoms with Crippen LogP contribution in [0.2, 0.25) is 0 Å². The van der Waals surface area contributed by atoms with Gasteiger partial charge in [0.05, 0.1) is 5.69 Å². The van der Waals surface area contributed by atoms with Gasteiger partial charge in [0.1, 0.15) is 0 Å². The Bertz CT molecular complexity index is 500. The van der Waals surface area contributed by atoms with E-state index in [1.807, 2.05) is 17.9 Å². The zero-order chi connectivity index (χ0) is 12.3. The van der Waals surface area contributed by atoms with Gasteiger partial charge in [0.2, 0.25) is 0 Å². The average Bonchev–Trinajstić information content (AvgIpc) is 2.77. The SMILES string of the molecule is CCn1nccc1-c1ccc(CNC)cc1C. The molecule has 0 atom stereocenters. The monoisotopic (exact) mass is 229 g/mol. The number of rotatable bonds is 4. The standard InChI is InChI=1S/C14H19N3/c1-4-17-14(7-8-16-17)13-6-5-12(10-15-3)9-11(13)2/h5-9,15H,4,10H2,1-3H3. The van der Waals surface area contributed by atoms with Crippen LogP contribution >= 0.6 is 0 Å². The van der Waals surface area contributed by atoms with Crippen molar-refractivity contribution in [2.75, 3.05) is 7.05 Å². The molecule has 2 rings (SSSR count). The van der Waals surface area contributed by atoms with E-state index < -0.39 is 0 Å². The number of nitrogens with one attached hydrogen (secondary N) is 1. The van der Waals surface area contributed by atoms with Gasteiger partial charge in [-0.05, 0) is 38.1 Å². The lowest BCUT2D eigenvalue weighted by Gasteiger charge is -2.10. The van der Waals surface area contributed by atoms with E-state index in [1.165, 1.54) is 22.4 Å². The first-order chi connectivity index (χ1) is 8.26. The van der Waals surface area contributed by atoms with Crippen molar-refractivity contribution in [1.29, 1.82) is 0 Å². The molecule has 3 nitrogen and oxygen atoms in total. The summed E-state index contributed by atoms with van der Waals surface area (Å²) in [6.45, 7) is 6.08. The first-order valence-electron chi connectivity index (χ1n) is 6.02. The molecular weight excluding hydrogens is 210 g/mol.